The first-order valence-corrected chi connectivity index (χ1v) is 6.25. The number of carboxylic acid groups (broad SMARTS) is 3. The largest absolute Gasteiger partial charge is 0.481 e. The average molecular weight is 317 g/mol. The molecule has 0 aliphatic carbocycles. The lowest BCUT2D eigenvalue weighted by Gasteiger charge is -2.23. The predicted octanol–water partition coefficient (Wildman–Crippen LogP) is -2.24. The van der Waals surface area contributed by atoms with Gasteiger partial charge in [0.25, 0.3) is 0 Å². The molecule has 22 heavy (non-hydrogen) atoms. The summed E-state index contributed by atoms with van der Waals surface area (Å²) in [6, 6.07) is -4.78. The van der Waals surface area contributed by atoms with Gasteiger partial charge in [-0.25, -0.2) is 0 Å². The standard InChI is InChI=1S/C12H19N3O7/c13-6(11(19)20)2-1-3-8(12(21)22)15-9(4-10(17)18)7(14)5-16/h1-2,5-9,15H,3-4,13-14H2,(H,17,18)(H,19,20)(H,21,22)/t6?,7-,8?,9?/m0/s1. The maximum absolute atomic E-state index is 11.1. The molecule has 10 nitrogen and oxygen atoms in total. The minimum Gasteiger partial charge on any atom is -0.481 e. The highest BCUT2D eigenvalue weighted by Gasteiger charge is 2.26. The Kier molecular flexibility index (Phi) is 8.60. The van der Waals surface area contributed by atoms with Gasteiger partial charge in [-0.1, -0.05) is 12.2 Å². The van der Waals surface area contributed by atoms with Crippen LogP contribution in [0.1, 0.15) is 12.8 Å². The van der Waals surface area contributed by atoms with Gasteiger partial charge < -0.3 is 31.6 Å². The molecule has 0 spiro atoms. The van der Waals surface area contributed by atoms with Crippen LogP contribution in [0.15, 0.2) is 12.2 Å². The first-order chi connectivity index (χ1) is 10.2. The Morgan fingerprint density at radius 1 is 1.09 bits per heavy atom. The van der Waals surface area contributed by atoms with E-state index in [-0.39, 0.29) is 6.42 Å². The van der Waals surface area contributed by atoms with Crippen molar-refractivity contribution in [1.82, 2.24) is 5.32 Å². The van der Waals surface area contributed by atoms with Gasteiger partial charge in [0.15, 0.2) is 0 Å². The van der Waals surface area contributed by atoms with Crippen molar-refractivity contribution in [1.29, 1.82) is 0 Å². The van der Waals surface area contributed by atoms with Crippen LogP contribution >= 0.6 is 0 Å². The molecule has 10 heteroatoms. The summed E-state index contributed by atoms with van der Waals surface area (Å²) in [4.78, 5) is 43.0. The Hall–Kier alpha value is -2.30. The molecule has 0 aliphatic heterocycles. The van der Waals surface area contributed by atoms with Crippen LogP contribution in [0.3, 0.4) is 0 Å². The third kappa shape index (κ3) is 7.47. The van der Waals surface area contributed by atoms with Crippen LogP contribution in [-0.2, 0) is 19.2 Å². The van der Waals surface area contributed by atoms with Crippen LogP contribution < -0.4 is 16.8 Å². The fourth-order valence-electron chi connectivity index (χ4n) is 1.53. The molecule has 0 rings (SSSR count). The third-order valence-corrected chi connectivity index (χ3v) is 2.73. The number of hydrogen-bond donors (Lipinski definition) is 6. The molecule has 4 atom stereocenters. The second-order valence-electron chi connectivity index (χ2n) is 4.50. The Labute approximate surface area is 125 Å². The van der Waals surface area contributed by atoms with Gasteiger partial charge in [0.05, 0.1) is 12.5 Å². The molecule has 0 amide bonds. The molecule has 8 N–H and O–H groups in total. The predicted molar refractivity (Wildman–Crippen MR) is 74.0 cm³/mol. The van der Waals surface area contributed by atoms with Crippen molar-refractivity contribution < 1.29 is 34.5 Å². The second-order valence-corrected chi connectivity index (χ2v) is 4.50. The van der Waals surface area contributed by atoms with Crippen molar-refractivity contribution >= 4 is 24.2 Å². The number of nitrogens with two attached hydrogens (primary N) is 2. The molecule has 0 fully saturated rings. The first-order valence-electron chi connectivity index (χ1n) is 6.25. The van der Waals surface area contributed by atoms with Gasteiger partial charge in [-0.3, -0.25) is 19.7 Å². The Morgan fingerprint density at radius 2 is 1.68 bits per heavy atom. The molecule has 0 heterocycles. The summed E-state index contributed by atoms with van der Waals surface area (Å²) in [7, 11) is 0. The van der Waals surface area contributed by atoms with Gasteiger partial charge in [-0.05, 0) is 6.42 Å². The highest BCUT2D eigenvalue weighted by molar-refractivity contribution is 5.76. The zero-order valence-corrected chi connectivity index (χ0v) is 11.6. The van der Waals surface area contributed by atoms with Gasteiger partial charge in [-0.15, -0.1) is 0 Å². The van der Waals surface area contributed by atoms with Crippen molar-refractivity contribution in [3.8, 4) is 0 Å². The molecule has 124 valence electrons. The molecule has 0 saturated carbocycles. The Balaban J connectivity index is 4.85. The molecule has 0 aromatic carbocycles. The van der Waals surface area contributed by atoms with E-state index in [4.69, 9.17) is 26.8 Å². The lowest BCUT2D eigenvalue weighted by molar-refractivity contribution is -0.141. The zero-order valence-electron chi connectivity index (χ0n) is 11.6. The van der Waals surface area contributed by atoms with Crippen molar-refractivity contribution in [2.45, 2.75) is 37.0 Å². The van der Waals surface area contributed by atoms with Crippen molar-refractivity contribution in [2.24, 2.45) is 11.5 Å². The highest BCUT2D eigenvalue weighted by atomic mass is 16.4. The molecule has 0 bridgehead atoms. The van der Waals surface area contributed by atoms with Gasteiger partial charge in [0, 0.05) is 6.04 Å². The van der Waals surface area contributed by atoms with E-state index >= 15 is 0 Å². The molecule has 3 unspecified atom stereocenters. The van der Waals surface area contributed by atoms with E-state index < -0.39 is 48.5 Å². The molecule has 0 radical (unpaired) electrons. The fraction of sp³-hybridized carbons (Fsp3) is 0.500. The second kappa shape index (κ2) is 9.60. The zero-order chi connectivity index (χ0) is 17.3. The van der Waals surface area contributed by atoms with E-state index in [1.165, 1.54) is 6.08 Å². The Morgan fingerprint density at radius 3 is 2.09 bits per heavy atom. The van der Waals surface area contributed by atoms with Gasteiger partial charge >= 0.3 is 17.9 Å². The lowest BCUT2D eigenvalue weighted by atomic mass is 10.0. The quantitative estimate of drug-likeness (QED) is 0.179. The first kappa shape index (κ1) is 19.7. The highest BCUT2D eigenvalue weighted by Crippen LogP contribution is 2.03. The summed E-state index contributed by atoms with van der Waals surface area (Å²) in [5.74, 6) is -3.83. The number of nitrogens with one attached hydrogen (secondary N) is 1. The molecule has 0 aromatic heterocycles. The molecule has 0 aromatic rings. The maximum atomic E-state index is 11.1. The summed E-state index contributed by atoms with van der Waals surface area (Å²) in [5.41, 5.74) is 10.6. The summed E-state index contributed by atoms with van der Waals surface area (Å²) >= 11 is 0. The lowest BCUT2D eigenvalue weighted by Crippen LogP contribution is -2.53. The SMILES string of the molecule is NC(C=CCC(NC(CC(=O)O)[C@@H](N)C=O)C(=O)O)C(=O)O. The summed E-state index contributed by atoms with van der Waals surface area (Å²) in [6.07, 6.45) is 1.97. The van der Waals surface area contributed by atoms with Gasteiger partial charge in [-0.2, -0.15) is 0 Å². The van der Waals surface area contributed by atoms with E-state index in [1.54, 1.807) is 0 Å². The van der Waals surface area contributed by atoms with E-state index in [0.717, 1.165) is 6.08 Å². The number of aliphatic carboxylic acids is 3. The van der Waals surface area contributed by atoms with Gasteiger partial charge in [0.2, 0.25) is 0 Å². The molecule has 0 saturated heterocycles. The minimum absolute atomic E-state index is 0.155. The topological polar surface area (TPSA) is 193 Å². The Bertz CT molecular complexity index is 452. The van der Waals surface area contributed by atoms with E-state index in [1.807, 2.05) is 0 Å². The number of carbonyl (C=O) groups is 4. The normalized spacial score (nSPS) is 16.6. The van der Waals surface area contributed by atoms with E-state index in [9.17, 15) is 19.2 Å². The molecule has 0 aliphatic rings. The van der Waals surface area contributed by atoms with Crippen molar-refractivity contribution in [3.63, 3.8) is 0 Å². The van der Waals surface area contributed by atoms with Crippen LogP contribution in [0.5, 0.6) is 0 Å². The fourth-order valence-corrected chi connectivity index (χ4v) is 1.53. The number of hydrogen-bond acceptors (Lipinski definition) is 7. The smallest absolute Gasteiger partial charge is 0.324 e. The maximum Gasteiger partial charge on any atom is 0.324 e. The van der Waals surface area contributed by atoms with Crippen LogP contribution in [0.25, 0.3) is 0 Å². The monoisotopic (exact) mass is 317 g/mol. The molecular formula is C12H19N3O7. The van der Waals surface area contributed by atoms with Crippen LogP contribution in [-0.4, -0.2) is 63.7 Å². The van der Waals surface area contributed by atoms with Crippen LogP contribution in [0, 0.1) is 0 Å². The van der Waals surface area contributed by atoms with Gasteiger partial charge in [0.1, 0.15) is 18.4 Å². The number of carbonyl (C=O) groups excluding carboxylic acids is 1. The summed E-state index contributed by atoms with van der Waals surface area (Å²) < 4.78 is 0. The van der Waals surface area contributed by atoms with Crippen molar-refractivity contribution in [2.75, 3.05) is 0 Å². The van der Waals surface area contributed by atoms with E-state index in [0.29, 0.717) is 6.29 Å². The summed E-state index contributed by atoms with van der Waals surface area (Å²) in [5, 5.41) is 28.8. The van der Waals surface area contributed by atoms with Crippen molar-refractivity contribution in [3.05, 3.63) is 12.2 Å². The third-order valence-electron chi connectivity index (χ3n) is 2.73. The van der Waals surface area contributed by atoms with Crippen LogP contribution in [0.4, 0.5) is 0 Å². The summed E-state index contributed by atoms with van der Waals surface area (Å²) in [6.45, 7) is 0. The van der Waals surface area contributed by atoms with E-state index in [2.05, 4.69) is 5.32 Å². The minimum atomic E-state index is -1.30. The van der Waals surface area contributed by atoms with Crippen LogP contribution in [0.2, 0.25) is 0 Å². The average Bonchev–Trinajstić information content (AvgIpc) is 2.43. The number of aldehydes is 1. The molecular weight excluding hydrogens is 298 g/mol. The number of carboxylic acids is 3. The number of rotatable bonds is 11.